The molecular formula is C51H101NO. The average Bonchev–Trinajstić information content (AvgIpc) is 3.53. The number of allylic oxidation sites excluding steroid dienone is 1. The number of nitrogens with one attached hydrogen (secondary N) is 1. The molecule has 4 rings (SSSR count). The molecule has 2 heteroatoms. The zero-order chi connectivity index (χ0) is 39.5. The zero-order valence-corrected chi connectivity index (χ0v) is 38.2. The lowest BCUT2D eigenvalue weighted by Gasteiger charge is -2.61. The molecular weight excluding hydrogens is 643 g/mol. The van der Waals surface area contributed by atoms with Gasteiger partial charge < -0.3 is 5.32 Å². The summed E-state index contributed by atoms with van der Waals surface area (Å²) in [7, 11) is 0. The quantitative estimate of drug-likeness (QED) is 0.0920. The molecule has 0 aromatic rings. The van der Waals surface area contributed by atoms with Gasteiger partial charge in [-0.15, -0.1) is 6.58 Å². The Labute approximate surface area is 336 Å². The van der Waals surface area contributed by atoms with Gasteiger partial charge in [0.15, 0.2) is 0 Å². The van der Waals surface area contributed by atoms with Crippen molar-refractivity contribution >= 4 is 5.91 Å². The van der Waals surface area contributed by atoms with Crippen LogP contribution in [-0.2, 0) is 4.79 Å². The molecule has 0 heterocycles. The van der Waals surface area contributed by atoms with E-state index in [9.17, 15) is 4.79 Å². The van der Waals surface area contributed by atoms with Gasteiger partial charge >= 0.3 is 0 Å². The van der Waals surface area contributed by atoms with E-state index in [2.05, 4.69) is 67.3 Å². The highest BCUT2D eigenvalue weighted by molar-refractivity contribution is 5.75. The van der Waals surface area contributed by atoms with Crippen LogP contribution >= 0.6 is 0 Å². The molecule has 2 nitrogen and oxygen atoms in total. The molecule has 53 heavy (non-hydrogen) atoms. The van der Waals surface area contributed by atoms with Crippen LogP contribution < -0.4 is 5.32 Å². The van der Waals surface area contributed by atoms with Gasteiger partial charge in [-0.05, 0) is 129 Å². The SMILES string of the molecule is C=CCCCCCCCC.CC.CCCCCC.CCCCCCCCNC(=O)CC[C@@H](C)[C@H]1CCC2C3CCC4C[C@H](C)CC[C@]4(C)C3CC[C@@]21C.[HH]. The second kappa shape index (κ2) is 29.5. The van der Waals surface area contributed by atoms with Gasteiger partial charge in [-0.3, -0.25) is 4.79 Å². The monoisotopic (exact) mass is 744 g/mol. The standard InChI is InChI=1S/C33H59NO.C10H20.C6H14.C2H6.H2/c1-6-7-8-9-10-11-22-34-31(35)17-12-25(3)28-15-16-29-27-14-13-26-23-24(2)18-20-32(26,4)30(27)19-21-33(28,29)5;1-3-5-7-9-10-8-6-4-2;1-3-5-6-4-2;1-2;/h24-30H,6-23H2,1-5H3,(H,34,35);3H,1,4-10H2,2H3;3-6H2,1-2H3;1-2H3;1H/t24-,25-,26?,27?,28-,29?,30?,32+,33-;;;;/m1..../s1. The summed E-state index contributed by atoms with van der Waals surface area (Å²) in [5.41, 5.74) is 1.16. The lowest BCUT2D eigenvalue weighted by Crippen LogP contribution is -2.53. The zero-order valence-electron chi connectivity index (χ0n) is 38.2. The van der Waals surface area contributed by atoms with Crippen LogP contribution in [0.1, 0.15) is 250 Å². The molecule has 0 aromatic heterocycles. The first-order valence-electron chi connectivity index (χ1n) is 24.5. The second-order valence-electron chi connectivity index (χ2n) is 19.0. The normalized spacial score (nSPS) is 30.4. The van der Waals surface area contributed by atoms with Crippen LogP contribution in [0.2, 0.25) is 0 Å². The minimum absolute atomic E-state index is 0. The molecule has 0 saturated heterocycles. The number of hydrogen-bond donors (Lipinski definition) is 1. The third-order valence-corrected chi connectivity index (χ3v) is 15.1. The fourth-order valence-corrected chi connectivity index (χ4v) is 11.8. The summed E-state index contributed by atoms with van der Waals surface area (Å²) in [6.45, 7) is 27.9. The van der Waals surface area contributed by atoms with Crippen LogP contribution in [0.25, 0.3) is 0 Å². The van der Waals surface area contributed by atoms with Gasteiger partial charge in [0.1, 0.15) is 0 Å². The summed E-state index contributed by atoms with van der Waals surface area (Å²) in [5, 5.41) is 3.22. The number of unbranched alkanes of at least 4 members (excludes halogenated alkanes) is 14. The molecule has 4 aliphatic carbocycles. The van der Waals surface area contributed by atoms with Gasteiger partial charge in [0, 0.05) is 14.4 Å². The minimum atomic E-state index is 0. The Morgan fingerprint density at radius 3 is 1.85 bits per heavy atom. The summed E-state index contributed by atoms with van der Waals surface area (Å²) < 4.78 is 0. The Bertz CT molecular complexity index is 900. The molecule has 9 atom stereocenters. The van der Waals surface area contributed by atoms with E-state index in [0.717, 1.165) is 61.3 Å². The van der Waals surface area contributed by atoms with Gasteiger partial charge in [-0.25, -0.2) is 0 Å². The van der Waals surface area contributed by atoms with E-state index in [4.69, 9.17) is 0 Å². The maximum atomic E-state index is 12.5. The Hall–Kier alpha value is -0.790. The summed E-state index contributed by atoms with van der Waals surface area (Å²) in [6, 6.07) is 0. The smallest absolute Gasteiger partial charge is 0.220 e. The Balaban J connectivity index is 0.00000123. The molecule has 4 fully saturated rings. The summed E-state index contributed by atoms with van der Waals surface area (Å²) in [4.78, 5) is 12.5. The van der Waals surface area contributed by atoms with Crippen molar-refractivity contribution in [3.8, 4) is 0 Å². The third-order valence-electron chi connectivity index (χ3n) is 15.1. The van der Waals surface area contributed by atoms with E-state index in [1.54, 1.807) is 0 Å². The number of amides is 1. The number of carbonyl (C=O) groups excluding carboxylic acids is 1. The summed E-state index contributed by atoms with van der Waals surface area (Å²) in [6.07, 6.45) is 40.0. The molecule has 0 aromatic carbocycles. The highest BCUT2D eigenvalue weighted by Gasteiger charge is 2.60. The van der Waals surface area contributed by atoms with E-state index >= 15 is 0 Å². The van der Waals surface area contributed by atoms with E-state index in [1.807, 2.05) is 19.9 Å². The van der Waals surface area contributed by atoms with Crippen molar-refractivity contribution < 1.29 is 6.22 Å². The number of hydrogen-bond acceptors (Lipinski definition) is 1. The van der Waals surface area contributed by atoms with Crippen LogP contribution in [0.3, 0.4) is 0 Å². The molecule has 1 amide bonds. The number of fused-ring (bicyclic) bond motifs is 5. The molecule has 0 spiro atoms. The van der Waals surface area contributed by atoms with E-state index < -0.39 is 0 Å². The fourth-order valence-electron chi connectivity index (χ4n) is 11.8. The topological polar surface area (TPSA) is 29.1 Å². The number of carbonyl (C=O) groups is 1. The highest BCUT2D eigenvalue weighted by atomic mass is 16.1. The predicted molar refractivity (Wildman–Crippen MR) is 241 cm³/mol. The van der Waals surface area contributed by atoms with Crippen molar-refractivity contribution in [3.63, 3.8) is 0 Å². The molecule has 4 saturated carbocycles. The van der Waals surface area contributed by atoms with E-state index in [-0.39, 0.29) is 1.43 Å². The van der Waals surface area contributed by atoms with Gasteiger partial charge in [0.25, 0.3) is 0 Å². The minimum Gasteiger partial charge on any atom is -0.356 e. The average molecular weight is 744 g/mol. The molecule has 0 bridgehead atoms. The lowest BCUT2D eigenvalue weighted by molar-refractivity contribution is -0.123. The largest absolute Gasteiger partial charge is 0.356 e. The first-order chi connectivity index (χ1) is 25.6. The molecule has 316 valence electrons. The van der Waals surface area contributed by atoms with Crippen LogP contribution in [-0.4, -0.2) is 12.5 Å². The molecule has 0 radical (unpaired) electrons. The second-order valence-corrected chi connectivity index (χ2v) is 19.0. The van der Waals surface area contributed by atoms with Crippen molar-refractivity contribution in [1.82, 2.24) is 5.32 Å². The molecule has 0 aliphatic heterocycles. The third kappa shape index (κ3) is 17.1. The Morgan fingerprint density at radius 2 is 1.25 bits per heavy atom. The predicted octanol–water partition coefficient (Wildman–Crippen LogP) is 17.0. The Morgan fingerprint density at radius 1 is 0.717 bits per heavy atom. The first kappa shape index (κ1) is 50.2. The van der Waals surface area contributed by atoms with Gasteiger partial charge in [-0.1, -0.05) is 172 Å². The molecule has 4 unspecified atom stereocenters. The van der Waals surface area contributed by atoms with Crippen molar-refractivity contribution in [1.29, 1.82) is 0 Å². The van der Waals surface area contributed by atoms with Crippen LogP contribution in [0, 0.1) is 52.3 Å². The first-order valence-corrected chi connectivity index (χ1v) is 24.5. The maximum absolute atomic E-state index is 12.5. The molecule has 4 aliphatic rings. The fraction of sp³-hybridized carbons (Fsp3) is 0.941. The van der Waals surface area contributed by atoms with Crippen molar-refractivity contribution in [3.05, 3.63) is 12.7 Å². The van der Waals surface area contributed by atoms with Crippen molar-refractivity contribution in [2.45, 2.75) is 249 Å². The number of rotatable bonds is 21. The van der Waals surface area contributed by atoms with E-state index in [1.165, 1.54) is 161 Å². The Kier molecular flexibility index (Phi) is 27.9. The highest BCUT2D eigenvalue weighted by Crippen LogP contribution is 2.68. The summed E-state index contributed by atoms with van der Waals surface area (Å²) >= 11 is 0. The van der Waals surface area contributed by atoms with Crippen LogP contribution in [0.4, 0.5) is 0 Å². The van der Waals surface area contributed by atoms with Gasteiger partial charge in [0.2, 0.25) is 5.91 Å². The van der Waals surface area contributed by atoms with Gasteiger partial charge in [0.05, 0.1) is 0 Å². The van der Waals surface area contributed by atoms with Crippen molar-refractivity contribution in [2.75, 3.05) is 6.54 Å². The van der Waals surface area contributed by atoms with Crippen molar-refractivity contribution in [2.24, 2.45) is 52.3 Å². The lowest BCUT2D eigenvalue weighted by atomic mass is 9.44. The molecule has 1 N–H and O–H groups in total. The maximum Gasteiger partial charge on any atom is 0.220 e. The summed E-state index contributed by atoms with van der Waals surface area (Å²) in [5.74, 6) is 6.70. The van der Waals surface area contributed by atoms with Crippen LogP contribution in [0.5, 0.6) is 0 Å². The van der Waals surface area contributed by atoms with E-state index in [0.29, 0.717) is 22.7 Å². The van der Waals surface area contributed by atoms with Gasteiger partial charge in [-0.2, -0.15) is 0 Å². The van der Waals surface area contributed by atoms with Crippen LogP contribution in [0.15, 0.2) is 12.7 Å².